The zero-order chi connectivity index (χ0) is 23.8. The van der Waals surface area contributed by atoms with Gasteiger partial charge in [0, 0.05) is 18.4 Å². The van der Waals surface area contributed by atoms with E-state index in [0.29, 0.717) is 31.1 Å². The summed E-state index contributed by atoms with van der Waals surface area (Å²) < 4.78 is 70.8. The molecule has 33 heavy (non-hydrogen) atoms. The van der Waals surface area contributed by atoms with Crippen molar-refractivity contribution in [2.24, 2.45) is 41.4 Å². The predicted molar refractivity (Wildman–Crippen MR) is 116 cm³/mol. The summed E-state index contributed by atoms with van der Waals surface area (Å²) in [5.41, 5.74) is 0. The lowest BCUT2D eigenvalue weighted by molar-refractivity contribution is -0.219. The third-order valence-electron chi connectivity index (χ3n) is 9.64. The van der Waals surface area contributed by atoms with Crippen LogP contribution in [0.25, 0.3) is 0 Å². The van der Waals surface area contributed by atoms with E-state index in [1.807, 2.05) is 0 Å². The molecule has 1 saturated heterocycles. The van der Waals surface area contributed by atoms with Gasteiger partial charge >= 0.3 is 6.18 Å². The van der Waals surface area contributed by atoms with E-state index in [0.717, 1.165) is 51.4 Å². The van der Waals surface area contributed by atoms with E-state index in [9.17, 15) is 32.2 Å². The highest BCUT2D eigenvalue weighted by atomic mass is 19.4. The smallest absolute Gasteiger partial charge is 0.396 e. The lowest BCUT2D eigenvalue weighted by Gasteiger charge is -2.54. The van der Waals surface area contributed by atoms with Gasteiger partial charge in [0.15, 0.2) is 0 Å². The van der Waals surface area contributed by atoms with Gasteiger partial charge in [-0.25, -0.2) is 8.78 Å². The Morgan fingerprint density at radius 2 is 1.42 bits per heavy atom. The maximum atomic E-state index is 14.3. The minimum atomic E-state index is -4.74. The molecule has 0 amide bonds. The molecule has 0 aromatic rings. The van der Waals surface area contributed by atoms with E-state index >= 15 is 0 Å². The summed E-state index contributed by atoms with van der Waals surface area (Å²) in [4.78, 5) is 0. The summed E-state index contributed by atoms with van der Waals surface area (Å²) in [5.74, 6) is -2.32. The molecule has 1 heterocycles. The van der Waals surface area contributed by atoms with E-state index < -0.39 is 55.1 Å². The van der Waals surface area contributed by atoms with Gasteiger partial charge in [-0.15, -0.1) is 0 Å². The van der Waals surface area contributed by atoms with Crippen LogP contribution in [0.1, 0.15) is 77.0 Å². The fourth-order valence-electron chi connectivity index (χ4n) is 8.14. The molecular formula is C25H40F5NO2. The molecule has 9 atom stereocenters. The fraction of sp³-hybridized carbons (Fsp3) is 1.00. The molecule has 0 aromatic carbocycles. The Morgan fingerprint density at radius 1 is 0.818 bits per heavy atom. The van der Waals surface area contributed by atoms with E-state index in [-0.39, 0.29) is 11.8 Å². The molecule has 0 aromatic heterocycles. The average Bonchev–Trinajstić information content (AvgIpc) is 2.81. The van der Waals surface area contributed by atoms with Gasteiger partial charge in [-0.3, -0.25) is 5.32 Å². The van der Waals surface area contributed by atoms with Gasteiger partial charge in [-0.2, -0.15) is 13.2 Å². The Morgan fingerprint density at radius 3 is 2.03 bits per heavy atom. The highest BCUT2D eigenvalue weighted by Gasteiger charge is 2.60. The van der Waals surface area contributed by atoms with Gasteiger partial charge in [-0.1, -0.05) is 57.8 Å². The Bertz CT molecular complexity index is 626. The zero-order valence-corrected chi connectivity index (χ0v) is 19.3. The van der Waals surface area contributed by atoms with Gasteiger partial charge in [0.2, 0.25) is 0 Å². The van der Waals surface area contributed by atoms with Crippen molar-refractivity contribution in [1.82, 2.24) is 5.32 Å². The SMILES string of the molecule is OCC1C(C(F)F)NC(C(F)(F)F)C(C(O)C2CCC3CCCCC3C2)C1C1CCCCC1. The molecule has 8 heteroatoms. The van der Waals surface area contributed by atoms with Crippen molar-refractivity contribution in [3.63, 3.8) is 0 Å². The molecule has 192 valence electrons. The first kappa shape index (κ1) is 25.6. The first-order valence-electron chi connectivity index (χ1n) is 13.1. The van der Waals surface area contributed by atoms with Crippen LogP contribution in [0.5, 0.6) is 0 Å². The van der Waals surface area contributed by atoms with Gasteiger partial charge in [-0.05, 0) is 48.9 Å². The second-order valence-corrected chi connectivity index (χ2v) is 11.3. The van der Waals surface area contributed by atoms with Gasteiger partial charge in [0.05, 0.1) is 12.1 Å². The molecule has 9 unspecified atom stereocenters. The number of piperidine rings is 1. The lowest BCUT2D eigenvalue weighted by Crippen LogP contribution is -2.68. The van der Waals surface area contributed by atoms with E-state index in [1.54, 1.807) is 0 Å². The van der Waals surface area contributed by atoms with E-state index in [1.165, 1.54) is 6.42 Å². The van der Waals surface area contributed by atoms with Crippen molar-refractivity contribution in [2.45, 2.75) is 108 Å². The van der Waals surface area contributed by atoms with Crippen LogP contribution in [-0.4, -0.2) is 47.6 Å². The van der Waals surface area contributed by atoms with Crippen molar-refractivity contribution >= 4 is 0 Å². The van der Waals surface area contributed by atoms with E-state index in [4.69, 9.17) is 0 Å². The molecular weight excluding hydrogens is 441 g/mol. The number of hydrogen-bond donors (Lipinski definition) is 3. The van der Waals surface area contributed by atoms with Crippen LogP contribution in [0.4, 0.5) is 22.0 Å². The molecule has 4 aliphatic rings. The van der Waals surface area contributed by atoms with Crippen molar-refractivity contribution in [1.29, 1.82) is 0 Å². The number of rotatable bonds is 5. The van der Waals surface area contributed by atoms with Crippen LogP contribution in [0.2, 0.25) is 0 Å². The second-order valence-electron chi connectivity index (χ2n) is 11.3. The van der Waals surface area contributed by atoms with Crippen LogP contribution in [-0.2, 0) is 0 Å². The molecule has 3 N–H and O–H groups in total. The lowest BCUT2D eigenvalue weighted by atomic mass is 9.57. The fourth-order valence-corrected chi connectivity index (χ4v) is 8.14. The molecule has 0 bridgehead atoms. The number of aliphatic hydroxyl groups is 2. The molecule has 3 aliphatic carbocycles. The van der Waals surface area contributed by atoms with Crippen LogP contribution >= 0.6 is 0 Å². The molecule has 1 aliphatic heterocycles. The normalized spacial score (nSPS) is 42.2. The highest BCUT2D eigenvalue weighted by Crippen LogP contribution is 2.52. The maximum absolute atomic E-state index is 14.3. The molecule has 0 spiro atoms. The third kappa shape index (κ3) is 5.37. The number of halogens is 5. The average molecular weight is 482 g/mol. The van der Waals surface area contributed by atoms with E-state index in [2.05, 4.69) is 5.32 Å². The monoisotopic (exact) mass is 481 g/mol. The van der Waals surface area contributed by atoms with Crippen LogP contribution in [0, 0.1) is 41.4 Å². The zero-order valence-electron chi connectivity index (χ0n) is 19.3. The number of hydrogen-bond acceptors (Lipinski definition) is 3. The number of fused-ring (bicyclic) bond motifs is 1. The van der Waals surface area contributed by atoms with Crippen molar-refractivity contribution in [2.75, 3.05) is 6.61 Å². The molecule has 0 radical (unpaired) electrons. The molecule has 3 nitrogen and oxygen atoms in total. The Hall–Kier alpha value is -0.470. The predicted octanol–water partition coefficient (Wildman–Crippen LogP) is 5.54. The summed E-state index contributed by atoms with van der Waals surface area (Å²) in [6, 6.07) is -3.89. The molecule has 4 fully saturated rings. The maximum Gasteiger partial charge on any atom is 0.404 e. The van der Waals surface area contributed by atoms with Crippen LogP contribution < -0.4 is 5.32 Å². The standard InChI is InChI=1S/C25H40F5NO2/c26-24(27)21-18(13-32)19(15-7-2-1-3-8-15)20(23(31-21)25(28,29)30)22(33)17-11-10-14-6-4-5-9-16(14)12-17/h14-24,31-33H,1-13H2. The van der Waals surface area contributed by atoms with Crippen molar-refractivity contribution in [3.8, 4) is 0 Å². The first-order valence-corrected chi connectivity index (χ1v) is 13.1. The second kappa shape index (κ2) is 10.7. The summed E-state index contributed by atoms with van der Waals surface area (Å²) >= 11 is 0. The molecule has 4 rings (SSSR count). The largest absolute Gasteiger partial charge is 0.404 e. The Labute approximate surface area is 193 Å². The van der Waals surface area contributed by atoms with Crippen molar-refractivity contribution in [3.05, 3.63) is 0 Å². The van der Waals surface area contributed by atoms with Gasteiger partial charge < -0.3 is 10.2 Å². The summed E-state index contributed by atoms with van der Waals surface area (Å²) in [7, 11) is 0. The summed E-state index contributed by atoms with van der Waals surface area (Å²) in [6.45, 7) is -0.591. The summed E-state index contributed by atoms with van der Waals surface area (Å²) in [5, 5.41) is 23.9. The highest BCUT2D eigenvalue weighted by molar-refractivity contribution is 5.06. The van der Waals surface area contributed by atoms with Crippen molar-refractivity contribution < 1.29 is 32.2 Å². The Balaban J connectivity index is 1.66. The summed E-state index contributed by atoms with van der Waals surface area (Å²) in [6.07, 6.45) is 2.05. The number of alkyl halides is 5. The quantitative estimate of drug-likeness (QED) is 0.452. The first-order chi connectivity index (χ1) is 15.7. The number of aliphatic hydroxyl groups excluding tert-OH is 2. The van der Waals surface area contributed by atoms with Gasteiger partial charge in [0.25, 0.3) is 6.43 Å². The third-order valence-corrected chi connectivity index (χ3v) is 9.64. The number of nitrogens with one attached hydrogen (secondary N) is 1. The topological polar surface area (TPSA) is 52.5 Å². The Kier molecular flexibility index (Phi) is 8.27. The van der Waals surface area contributed by atoms with Crippen LogP contribution in [0.3, 0.4) is 0 Å². The minimum Gasteiger partial charge on any atom is -0.396 e. The van der Waals surface area contributed by atoms with Gasteiger partial charge in [0.1, 0.15) is 6.04 Å². The molecule has 3 saturated carbocycles. The van der Waals surface area contributed by atoms with Crippen LogP contribution in [0.15, 0.2) is 0 Å². The minimum absolute atomic E-state index is 0.172.